The van der Waals surface area contributed by atoms with Crippen molar-refractivity contribution >= 4 is 0 Å². The number of hydrogen-bond donors (Lipinski definition) is 0. The lowest BCUT2D eigenvalue weighted by Gasteiger charge is -2.33. The Kier molecular flexibility index (Phi) is 9.16. The maximum Gasteiger partial charge on any atom is 0.119 e. The van der Waals surface area contributed by atoms with Gasteiger partial charge in [0.25, 0.3) is 0 Å². The van der Waals surface area contributed by atoms with Crippen LogP contribution in [0.15, 0.2) is 24.3 Å². The van der Waals surface area contributed by atoms with Crippen LogP contribution in [0.25, 0.3) is 0 Å². The molecule has 1 unspecified atom stereocenters. The van der Waals surface area contributed by atoms with E-state index in [2.05, 4.69) is 84.6 Å². The van der Waals surface area contributed by atoms with Crippen LogP contribution in [0.5, 0.6) is 5.75 Å². The molecule has 150 valence electrons. The summed E-state index contributed by atoms with van der Waals surface area (Å²) in [6.45, 7) is 21.5. The SMILES string of the molecule is CCCN(CCC)C(CC)COc1ccc(C(C)(C)CC(C)(C)C)cc1. The predicted octanol–water partition coefficient (Wildman–Crippen LogP) is 6.68. The Labute approximate surface area is 163 Å². The minimum Gasteiger partial charge on any atom is -0.492 e. The van der Waals surface area contributed by atoms with Gasteiger partial charge in [-0.2, -0.15) is 0 Å². The molecule has 0 fully saturated rings. The summed E-state index contributed by atoms with van der Waals surface area (Å²) in [5.74, 6) is 0.992. The number of rotatable bonds is 11. The van der Waals surface area contributed by atoms with Gasteiger partial charge in [-0.1, -0.05) is 67.5 Å². The fourth-order valence-corrected chi connectivity index (χ4v) is 4.16. The third-order valence-electron chi connectivity index (χ3n) is 5.06. The second-order valence-electron chi connectivity index (χ2n) is 9.55. The van der Waals surface area contributed by atoms with Crippen LogP contribution in [-0.2, 0) is 5.41 Å². The van der Waals surface area contributed by atoms with Gasteiger partial charge in [0.1, 0.15) is 12.4 Å². The minimum atomic E-state index is 0.182. The molecule has 0 N–H and O–H groups in total. The van der Waals surface area contributed by atoms with E-state index in [1.165, 1.54) is 24.8 Å². The Morgan fingerprint density at radius 2 is 1.42 bits per heavy atom. The molecule has 2 nitrogen and oxygen atoms in total. The summed E-state index contributed by atoms with van der Waals surface area (Å²) in [5, 5.41) is 0. The third kappa shape index (κ3) is 7.70. The van der Waals surface area contributed by atoms with Crippen LogP contribution in [0.1, 0.15) is 86.6 Å². The molecule has 0 aliphatic heterocycles. The van der Waals surface area contributed by atoms with Crippen molar-refractivity contribution in [2.75, 3.05) is 19.7 Å². The highest BCUT2D eigenvalue weighted by Crippen LogP contribution is 2.36. The number of hydrogen-bond acceptors (Lipinski definition) is 2. The van der Waals surface area contributed by atoms with Crippen LogP contribution in [0, 0.1) is 5.41 Å². The van der Waals surface area contributed by atoms with E-state index in [1.54, 1.807) is 0 Å². The summed E-state index contributed by atoms with van der Waals surface area (Å²) in [7, 11) is 0. The normalized spacial score (nSPS) is 13.9. The third-order valence-corrected chi connectivity index (χ3v) is 5.06. The molecule has 1 aromatic carbocycles. The molecule has 1 aromatic rings. The van der Waals surface area contributed by atoms with E-state index in [1.807, 2.05) is 0 Å². The highest BCUT2D eigenvalue weighted by atomic mass is 16.5. The standard InChI is InChI=1S/C24H43NO/c1-9-16-25(17-10-2)21(11-3)18-26-22-14-12-20(13-15-22)24(7,8)19-23(4,5)6/h12-15,21H,9-11,16-19H2,1-8H3. The Balaban J connectivity index is 2.71. The van der Waals surface area contributed by atoms with E-state index in [-0.39, 0.29) is 5.41 Å². The molecule has 0 aliphatic rings. The molecular weight excluding hydrogens is 318 g/mol. The van der Waals surface area contributed by atoms with E-state index in [4.69, 9.17) is 4.74 Å². The van der Waals surface area contributed by atoms with Crippen molar-refractivity contribution in [2.24, 2.45) is 5.41 Å². The molecule has 0 aliphatic carbocycles. The van der Waals surface area contributed by atoms with Crippen molar-refractivity contribution in [3.8, 4) is 5.75 Å². The van der Waals surface area contributed by atoms with Crippen molar-refractivity contribution < 1.29 is 4.74 Å². The zero-order valence-electron chi connectivity index (χ0n) is 18.7. The highest BCUT2D eigenvalue weighted by Gasteiger charge is 2.27. The summed E-state index contributed by atoms with van der Waals surface area (Å²) in [4.78, 5) is 2.58. The van der Waals surface area contributed by atoms with Crippen molar-refractivity contribution in [1.82, 2.24) is 4.90 Å². The first kappa shape index (κ1) is 23.0. The molecule has 0 spiro atoms. The maximum absolute atomic E-state index is 6.16. The Hall–Kier alpha value is -1.02. The van der Waals surface area contributed by atoms with E-state index in [9.17, 15) is 0 Å². The molecule has 2 heteroatoms. The van der Waals surface area contributed by atoms with Crippen molar-refractivity contribution in [1.29, 1.82) is 0 Å². The van der Waals surface area contributed by atoms with Gasteiger partial charge in [-0.3, -0.25) is 4.90 Å². The van der Waals surface area contributed by atoms with Crippen LogP contribution in [0.3, 0.4) is 0 Å². The van der Waals surface area contributed by atoms with Crippen LogP contribution in [0.4, 0.5) is 0 Å². The lowest BCUT2D eigenvalue weighted by molar-refractivity contribution is 0.130. The Morgan fingerprint density at radius 1 is 0.885 bits per heavy atom. The van der Waals surface area contributed by atoms with Gasteiger partial charge in [0, 0.05) is 6.04 Å². The topological polar surface area (TPSA) is 12.5 Å². The summed E-state index contributed by atoms with van der Waals surface area (Å²) in [6, 6.07) is 9.30. The van der Waals surface area contributed by atoms with Crippen LogP contribution in [-0.4, -0.2) is 30.6 Å². The van der Waals surface area contributed by atoms with Crippen LogP contribution < -0.4 is 4.74 Å². The van der Waals surface area contributed by atoms with Crippen molar-refractivity contribution in [3.05, 3.63) is 29.8 Å². The highest BCUT2D eigenvalue weighted by molar-refractivity contribution is 5.31. The summed E-state index contributed by atoms with van der Waals surface area (Å²) in [5.41, 5.74) is 1.90. The Morgan fingerprint density at radius 3 is 1.85 bits per heavy atom. The molecule has 1 atom stereocenters. The van der Waals surface area contributed by atoms with Gasteiger partial charge in [-0.05, 0) is 67.3 Å². The second kappa shape index (κ2) is 10.3. The molecule has 0 aromatic heterocycles. The van der Waals surface area contributed by atoms with Crippen molar-refractivity contribution in [2.45, 2.75) is 92.5 Å². The van der Waals surface area contributed by atoms with Crippen molar-refractivity contribution in [3.63, 3.8) is 0 Å². The van der Waals surface area contributed by atoms with Gasteiger partial charge in [-0.25, -0.2) is 0 Å². The number of ether oxygens (including phenoxy) is 1. The average Bonchev–Trinajstić information content (AvgIpc) is 2.54. The molecule has 0 saturated heterocycles. The molecule has 0 radical (unpaired) electrons. The van der Waals surface area contributed by atoms with Gasteiger partial charge in [0.2, 0.25) is 0 Å². The molecule has 1 rings (SSSR count). The van der Waals surface area contributed by atoms with Gasteiger partial charge in [0.15, 0.2) is 0 Å². The fourth-order valence-electron chi connectivity index (χ4n) is 4.16. The first-order valence-corrected chi connectivity index (χ1v) is 10.6. The number of benzene rings is 1. The van der Waals surface area contributed by atoms with E-state index in [0.29, 0.717) is 11.5 Å². The summed E-state index contributed by atoms with van der Waals surface area (Å²) >= 11 is 0. The zero-order chi connectivity index (χ0) is 19.8. The van der Waals surface area contributed by atoms with Gasteiger partial charge in [0.05, 0.1) is 0 Å². The maximum atomic E-state index is 6.16. The molecule has 0 heterocycles. The molecule has 0 saturated carbocycles. The quantitative estimate of drug-likeness (QED) is 0.436. The second-order valence-corrected chi connectivity index (χ2v) is 9.55. The fraction of sp³-hybridized carbons (Fsp3) is 0.750. The molecule has 0 amide bonds. The Bertz CT molecular complexity index is 492. The molecule has 26 heavy (non-hydrogen) atoms. The van der Waals surface area contributed by atoms with Gasteiger partial charge >= 0.3 is 0 Å². The predicted molar refractivity (Wildman–Crippen MR) is 115 cm³/mol. The largest absolute Gasteiger partial charge is 0.492 e. The summed E-state index contributed by atoms with van der Waals surface area (Å²) in [6.07, 6.45) is 4.71. The van der Waals surface area contributed by atoms with E-state index < -0.39 is 0 Å². The van der Waals surface area contributed by atoms with Crippen LogP contribution in [0.2, 0.25) is 0 Å². The monoisotopic (exact) mass is 361 g/mol. The molecule has 0 bridgehead atoms. The lowest BCUT2D eigenvalue weighted by atomic mass is 9.72. The van der Waals surface area contributed by atoms with Crippen LogP contribution >= 0.6 is 0 Å². The summed E-state index contributed by atoms with van der Waals surface area (Å²) < 4.78 is 6.16. The lowest BCUT2D eigenvalue weighted by Crippen LogP contribution is -2.40. The first-order chi connectivity index (χ1) is 12.1. The van der Waals surface area contributed by atoms with E-state index in [0.717, 1.165) is 31.9 Å². The average molecular weight is 362 g/mol. The first-order valence-electron chi connectivity index (χ1n) is 10.6. The minimum absolute atomic E-state index is 0.182. The smallest absolute Gasteiger partial charge is 0.119 e. The van der Waals surface area contributed by atoms with E-state index >= 15 is 0 Å². The number of nitrogens with zero attached hydrogens (tertiary/aromatic N) is 1. The zero-order valence-corrected chi connectivity index (χ0v) is 18.7. The van der Waals surface area contributed by atoms with Gasteiger partial charge < -0.3 is 4.74 Å². The van der Waals surface area contributed by atoms with Gasteiger partial charge in [-0.15, -0.1) is 0 Å². The molecular formula is C24H43NO.